The molecule has 0 atom stereocenters. The number of amides is 2. The lowest BCUT2D eigenvalue weighted by Crippen LogP contribution is -2.25. The van der Waals surface area contributed by atoms with Crippen molar-refractivity contribution in [3.8, 4) is 0 Å². The second-order valence-electron chi connectivity index (χ2n) is 6.41. The van der Waals surface area contributed by atoms with Gasteiger partial charge in [-0.05, 0) is 61.9 Å². The van der Waals surface area contributed by atoms with E-state index in [0.29, 0.717) is 43.0 Å². The number of benzene rings is 2. The zero-order chi connectivity index (χ0) is 22.0. The Labute approximate surface area is 177 Å². The first-order chi connectivity index (χ1) is 14.4. The van der Waals surface area contributed by atoms with Gasteiger partial charge >= 0.3 is 0 Å². The Kier molecular flexibility index (Phi) is 8.97. The molecule has 0 bridgehead atoms. The first-order valence-electron chi connectivity index (χ1n) is 9.74. The predicted octanol–water partition coefficient (Wildman–Crippen LogP) is 2.99. The zero-order valence-corrected chi connectivity index (χ0v) is 17.9. The van der Waals surface area contributed by atoms with Crippen LogP contribution >= 0.6 is 0 Å². The molecule has 2 aromatic carbocycles. The van der Waals surface area contributed by atoms with E-state index >= 15 is 0 Å². The first kappa shape index (κ1) is 23.5. The van der Waals surface area contributed by atoms with Crippen LogP contribution in [0.25, 0.3) is 0 Å². The molecule has 30 heavy (non-hydrogen) atoms. The molecule has 0 aliphatic carbocycles. The fourth-order valence-electron chi connectivity index (χ4n) is 2.48. The van der Waals surface area contributed by atoms with Crippen molar-refractivity contribution in [1.29, 1.82) is 0 Å². The molecular formula is C21H27N3O5S. The second kappa shape index (κ2) is 11.4. The molecule has 8 nitrogen and oxygen atoms in total. The minimum Gasteiger partial charge on any atom is -0.382 e. The second-order valence-corrected chi connectivity index (χ2v) is 8.17. The average molecular weight is 434 g/mol. The molecule has 0 saturated heterocycles. The van der Waals surface area contributed by atoms with E-state index in [1.807, 2.05) is 6.92 Å². The van der Waals surface area contributed by atoms with Crippen molar-refractivity contribution < 1.29 is 22.7 Å². The maximum absolute atomic E-state index is 12.4. The van der Waals surface area contributed by atoms with Gasteiger partial charge in [0.1, 0.15) is 0 Å². The maximum Gasteiger partial charge on any atom is 0.255 e. The van der Waals surface area contributed by atoms with Crippen LogP contribution in [0.15, 0.2) is 53.4 Å². The third-order valence-electron chi connectivity index (χ3n) is 4.14. The van der Waals surface area contributed by atoms with E-state index in [1.165, 1.54) is 24.3 Å². The summed E-state index contributed by atoms with van der Waals surface area (Å²) in [6.45, 7) is 5.02. The summed E-state index contributed by atoms with van der Waals surface area (Å²) in [6.07, 6.45) is 0.957. The normalized spacial score (nSPS) is 11.1. The van der Waals surface area contributed by atoms with Gasteiger partial charge < -0.3 is 15.4 Å². The van der Waals surface area contributed by atoms with Crippen LogP contribution in [0, 0.1) is 0 Å². The highest BCUT2D eigenvalue weighted by atomic mass is 32.2. The molecule has 2 rings (SSSR count). The van der Waals surface area contributed by atoms with E-state index in [-0.39, 0.29) is 23.3 Å². The molecular weight excluding hydrogens is 406 g/mol. The van der Waals surface area contributed by atoms with Crippen LogP contribution in [0.2, 0.25) is 0 Å². The van der Waals surface area contributed by atoms with Crippen LogP contribution in [0.5, 0.6) is 0 Å². The Hall–Kier alpha value is -2.75. The van der Waals surface area contributed by atoms with E-state index in [2.05, 4.69) is 15.4 Å². The molecule has 0 heterocycles. The van der Waals surface area contributed by atoms with Gasteiger partial charge in [0, 0.05) is 43.1 Å². The molecule has 0 radical (unpaired) electrons. The van der Waals surface area contributed by atoms with Crippen LogP contribution in [-0.4, -0.2) is 40.0 Å². The molecule has 0 aromatic heterocycles. The molecule has 2 amide bonds. The fraction of sp³-hybridized carbons (Fsp3) is 0.333. The molecule has 0 unspecified atom stereocenters. The van der Waals surface area contributed by atoms with Gasteiger partial charge in [0.25, 0.3) is 5.91 Å². The Morgan fingerprint density at radius 2 is 1.50 bits per heavy atom. The smallest absolute Gasteiger partial charge is 0.255 e. The Balaban J connectivity index is 1.93. The Morgan fingerprint density at radius 1 is 0.900 bits per heavy atom. The minimum atomic E-state index is -3.61. The molecule has 0 saturated carbocycles. The summed E-state index contributed by atoms with van der Waals surface area (Å²) in [7, 11) is -3.61. The Morgan fingerprint density at radius 3 is 2.10 bits per heavy atom. The van der Waals surface area contributed by atoms with Crippen molar-refractivity contribution in [2.45, 2.75) is 31.6 Å². The van der Waals surface area contributed by atoms with Gasteiger partial charge in [-0.1, -0.05) is 6.92 Å². The van der Waals surface area contributed by atoms with Gasteiger partial charge in [-0.25, -0.2) is 13.1 Å². The topological polar surface area (TPSA) is 114 Å². The number of carbonyl (C=O) groups excluding carboxylic acids is 2. The number of anilines is 2. The van der Waals surface area contributed by atoms with Crippen molar-refractivity contribution in [2.75, 3.05) is 30.4 Å². The minimum absolute atomic E-state index is 0.106. The summed E-state index contributed by atoms with van der Waals surface area (Å²) in [4.78, 5) is 23.9. The summed E-state index contributed by atoms with van der Waals surface area (Å²) in [5.41, 5.74) is 1.50. The average Bonchev–Trinajstić information content (AvgIpc) is 2.74. The lowest BCUT2D eigenvalue weighted by Gasteiger charge is -2.09. The molecule has 0 spiro atoms. The highest BCUT2D eigenvalue weighted by Gasteiger charge is 2.14. The molecule has 9 heteroatoms. The van der Waals surface area contributed by atoms with E-state index in [4.69, 9.17) is 4.74 Å². The molecule has 3 N–H and O–H groups in total. The van der Waals surface area contributed by atoms with E-state index < -0.39 is 10.0 Å². The summed E-state index contributed by atoms with van der Waals surface area (Å²) < 4.78 is 32.3. The third kappa shape index (κ3) is 7.25. The first-order valence-corrected chi connectivity index (χ1v) is 11.2. The number of nitrogens with one attached hydrogen (secondary N) is 3. The van der Waals surface area contributed by atoms with Crippen LogP contribution in [0.1, 0.15) is 37.0 Å². The standard InChI is InChI=1S/C21H27N3O5S/c1-3-20(25)23-17-8-6-16(7-9-17)21(26)24-18-10-12-19(13-11-18)30(27,28)22-14-5-15-29-4-2/h6-13,22H,3-5,14-15H2,1-2H3,(H,23,25)(H,24,26). The largest absolute Gasteiger partial charge is 0.382 e. The summed E-state index contributed by atoms with van der Waals surface area (Å²) in [5, 5.41) is 5.43. The Bertz CT molecular complexity index is 942. The highest BCUT2D eigenvalue weighted by Crippen LogP contribution is 2.16. The van der Waals surface area contributed by atoms with Crippen LogP contribution < -0.4 is 15.4 Å². The lowest BCUT2D eigenvalue weighted by molar-refractivity contribution is -0.115. The number of hydrogen-bond acceptors (Lipinski definition) is 5. The molecule has 2 aromatic rings. The fourth-order valence-corrected chi connectivity index (χ4v) is 3.56. The van der Waals surface area contributed by atoms with Gasteiger partial charge in [0.2, 0.25) is 15.9 Å². The van der Waals surface area contributed by atoms with E-state index in [1.54, 1.807) is 31.2 Å². The van der Waals surface area contributed by atoms with Crippen molar-refractivity contribution in [3.05, 3.63) is 54.1 Å². The number of sulfonamides is 1. The predicted molar refractivity (Wildman–Crippen MR) is 116 cm³/mol. The van der Waals surface area contributed by atoms with Gasteiger partial charge in [-0.3, -0.25) is 9.59 Å². The van der Waals surface area contributed by atoms with Crippen molar-refractivity contribution in [3.63, 3.8) is 0 Å². The van der Waals surface area contributed by atoms with E-state index in [9.17, 15) is 18.0 Å². The highest BCUT2D eigenvalue weighted by molar-refractivity contribution is 7.89. The SMILES string of the molecule is CCOCCCNS(=O)(=O)c1ccc(NC(=O)c2ccc(NC(=O)CC)cc2)cc1. The van der Waals surface area contributed by atoms with E-state index in [0.717, 1.165) is 0 Å². The van der Waals surface area contributed by atoms with Crippen molar-refractivity contribution >= 4 is 33.2 Å². The van der Waals surface area contributed by atoms with Crippen LogP contribution in [0.3, 0.4) is 0 Å². The third-order valence-corrected chi connectivity index (χ3v) is 5.61. The van der Waals surface area contributed by atoms with Gasteiger partial charge in [-0.2, -0.15) is 0 Å². The zero-order valence-electron chi connectivity index (χ0n) is 17.1. The van der Waals surface area contributed by atoms with Gasteiger partial charge in [0.15, 0.2) is 0 Å². The number of hydrogen-bond donors (Lipinski definition) is 3. The van der Waals surface area contributed by atoms with Gasteiger partial charge in [0.05, 0.1) is 4.90 Å². The van der Waals surface area contributed by atoms with Crippen molar-refractivity contribution in [1.82, 2.24) is 4.72 Å². The monoisotopic (exact) mass is 433 g/mol. The molecule has 162 valence electrons. The number of rotatable bonds is 11. The summed E-state index contributed by atoms with van der Waals surface area (Å²) >= 11 is 0. The number of carbonyl (C=O) groups is 2. The van der Waals surface area contributed by atoms with Crippen LogP contribution in [-0.2, 0) is 19.6 Å². The molecule has 0 aliphatic heterocycles. The summed E-state index contributed by atoms with van der Waals surface area (Å²) in [6, 6.07) is 12.4. The summed E-state index contributed by atoms with van der Waals surface area (Å²) in [5.74, 6) is -0.445. The number of ether oxygens (including phenoxy) is 1. The van der Waals surface area contributed by atoms with Crippen LogP contribution in [0.4, 0.5) is 11.4 Å². The molecule has 0 fully saturated rings. The lowest BCUT2D eigenvalue weighted by atomic mass is 10.2. The quantitative estimate of drug-likeness (QED) is 0.472. The van der Waals surface area contributed by atoms with Crippen molar-refractivity contribution in [2.24, 2.45) is 0 Å². The van der Waals surface area contributed by atoms with Gasteiger partial charge in [-0.15, -0.1) is 0 Å². The molecule has 0 aliphatic rings. The maximum atomic E-state index is 12.4.